The number of carbonyl (C=O) groups is 2. The fraction of sp³-hybridized carbons (Fsp3) is 0.214. The number of aryl methyl sites for hydroxylation is 1. The van der Waals surface area contributed by atoms with Crippen LogP contribution in [-0.2, 0) is 4.79 Å². The van der Waals surface area contributed by atoms with Gasteiger partial charge >= 0.3 is 5.97 Å². The van der Waals surface area contributed by atoms with Gasteiger partial charge in [0.1, 0.15) is 0 Å². The molecule has 21 heavy (non-hydrogen) atoms. The van der Waals surface area contributed by atoms with Crippen LogP contribution < -0.4 is 5.32 Å². The Hall–Kier alpha value is -2.28. The number of hydrogen-bond acceptors (Lipinski definition) is 4. The summed E-state index contributed by atoms with van der Waals surface area (Å²) in [6.45, 7) is 1.91. The van der Waals surface area contributed by atoms with E-state index >= 15 is 0 Å². The van der Waals surface area contributed by atoms with E-state index in [-0.39, 0.29) is 16.7 Å². The number of H-pyrrole nitrogens is 1. The molecule has 1 aliphatic rings. The molecule has 1 aliphatic heterocycles. The second-order valence-electron chi connectivity index (χ2n) is 4.78. The number of nitrogens with zero attached hydrogens (tertiary/aromatic N) is 1. The van der Waals surface area contributed by atoms with Crippen molar-refractivity contribution >= 4 is 29.5 Å². The predicted octanol–water partition coefficient (Wildman–Crippen LogP) is 2.19. The molecule has 0 bridgehead atoms. The second kappa shape index (κ2) is 5.25. The van der Waals surface area contributed by atoms with Gasteiger partial charge in [0.05, 0.1) is 16.6 Å². The first-order valence-electron chi connectivity index (χ1n) is 6.36. The summed E-state index contributed by atoms with van der Waals surface area (Å²) in [5.41, 5.74) is 3.03. The third-order valence-corrected chi connectivity index (χ3v) is 4.63. The zero-order valence-electron chi connectivity index (χ0n) is 11.2. The minimum atomic E-state index is -0.952. The van der Waals surface area contributed by atoms with Crippen LogP contribution in [-0.4, -0.2) is 32.9 Å². The summed E-state index contributed by atoms with van der Waals surface area (Å²) in [5, 5.41) is 18.7. The van der Waals surface area contributed by atoms with Gasteiger partial charge in [-0.25, -0.2) is 4.79 Å². The molecule has 3 rings (SSSR count). The largest absolute Gasteiger partial charge is 0.478 e. The minimum absolute atomic E-state index is 0.0551. The number of carbonyl (C=O) groups excluding carboxylic acids is 1. The smallest absolute Gasteiger partial charge is 0.335 e. The molecule has 0 saturated heterocycles. The Bertz CT molecular complexity index is 709. The zero-order chi connectivity index (χ0) is 15.0. The van der Waals surface area contributed by atoms with E-state index in [1.807, 2.05) is 6.92 Å². The quantitative estimate of drug-likeness (QED) is 0.790. The highest BCUT2D eigenvalue weighted by atomic mass is 32.2. The molecule has 7 heteroatoms. The van der Waals surface area contributed by atoms with Crippen LogP contribution in [0.3, 0.4) is 0 Å². The predicted molar refractivity (Wildman–Crippen MR) is 79.7 cm³/mol. The van der Waals surface area contributed by atoms with Crippen molar-refractivity contribution in [2.75, 3.05) is 11.1 Å². The summed E-state index contributed by atoms with van der Waals surface area (Å²) in [4.78, 5) is 22.6. The van der Waals surface area contributed by atoms with Gasteiger partial charge in [0.15, 0.2) is 5.82 Å². The molecule has 1 amide bonds. The van der Waals surface area contributed by atoms with Crippen LogP contribution >= 0.6 is 11.8 Å². The normalized spacial score (nSPS) is 17.8. The average Bonchev–Trinajstić information content (AvgIpc) is 2.72. The monoisotopic (exact) mass is 303 g/mol. The fourth-order valence-corrected chi connectivity index (χ4v) is 3.52. The molecule has 108 valence electrons. The SMILES string of the molecule is Cc1[nH]nc2c1[C@H](c1ccc(C(=O)O)cc1)SCC(=O)N2. The molecule has 2 heterocycles. The number of benzene rings is 1. The van der Waals surface area contributed by atoms with Crippen LogP contribution in [0.4, 0.5) is 5.82 Å². The van der Waals surface area contributed by atoms with E-state index < -0.39 is 5.97 Å². The second-order valence-corrected chi connectivity index (χ2v) is 5.87. The summed E-state index contributed by atoms with van der Waals surface area (Å²) in [6, 6.07) is 6.72. The van der Waals surface area contributed by atoms with Crippen LogP contribution in [0.15, 0.2) is 24.3 Å². The molecule has 6 nitrogen and oxygen atoms in total. The Labute approximate surface area is 124 Å². The highest BCUT2D eigenvalue weighted by Crippen LogP contribution is 2.42. The first-order chi connectivity index (χ1) is 10.1. The number of fused-ring (bicyclic) bond motifs is 1. The number of aromatic carboxylic acids is 1. The van der Waals surface area contributed by atoms with E-state index in [1.165, 1.54) is 11.8 Å². The minimum Gasteiger partial charge on any atom is -0.478 e. The first-order valence-corrected chi connectivity index (χ1v) is 7.40. The summed E-state index contributed by atoms with van der Waals surface area (Å²) in [6.07, 6.45) is 0. The molecule has 3 N–H and O–H groups in total. The maximum absolute atomic E-state index is 11.7. The van der Waals surface area contributed by atoms with Crippen LogP contribution in [0.25, 0.3) is 0 Å². The molecule has 0 aliphatic carbocycles. The number of aromatic amines is 1. The number of nitrogens with one attached hydrogen (secondary N) is 2. The van der Waals surface area contributed by atoms with Crippen molar-refractivity contribution in [2.45, 2.75) is 12.2 Å². The van der Waals surface area contributed by atoms with Crippen LogP contribution in [0.2, 0.25) is 0 Å². The number of amides is 1. The number of anilines is 1. The molecule has 0 radical (unpaired) electrons. The molecule has 1 aromatic heterocycles. The number of carboxylic acids is 1. The lowest BCUT2D eigenvalue weighted by Crippen LogP contribution is -2.12. The van der Waals surface area contributed by atoms with E-state index in [0.717, 1.165) is 16.8 Å². The zero-order valence-corrected chi connectivity index (χ0v) is 12.0. The number of rotatable bonds is 2. The molecule has 0 fully saturated rings. The summed E-state index contributed by atoms with van der Waals surface area (Å²) in [7, 11) is 0. The lowest BCUT2D eigenvalue weighted by atomic mass is 10.0. The Morgan fingerprint density at radius 2 is 2.10 bits per heavy atom. The van der Waals surface area contributed by atoms with Crippen molar-refractivity contribution in [3.63, 3.8) is 0 Å². The van der Waals surface area contributed by atoms with Gasteiger partial charge < -0.3 is 10.4 Å². The number of carboxylic acid groups (broad SMARTS) is 1. The summed E-state index contributed by atoms with van der Waals surface area (Å²) in [5.74, 6) is -0.152. The number of hydrogen-bond donors (Lipinski definition) is 3. The highest BCUT2D eigenvalue weighted by molar-refractivity contribution is 8.00. The van der Waals surface area contributed by atoms with Gasteiger partial charge in [-0.15, -0.1) is 11.8 Å². The summed E-state index contributed by atoms with van der Waals surface area (Å²) >= 11 is 1.50. The molecular formula is C14H13N3O3S. The van der Waals surface area contributed by atoms with Crippen molar-refractivity contribution in [3.8, 4) is 0 Å². The maximum Gasteiger partial charge on any atom is 0.335 e. The topological polar surface area (TPSA) is 95.1 Å². The Morgan fingerprint density at radius 1 is 1.38 bits per heavy atom. The van der Waals surface area contributed by atoms with E-state index in [4.69, 9.17) is 5.11 Å². The van der Waals surface area contributed by atoms with Gasteiger partial charge in [-0.05, 0) is 24.6 Å². The molecule has 1 aromatic carbocycles. The summed E-state index contributed by atoms with van der Waals surface area (Å²) < 4.78 is 0. The van der Waals surface area contributed by atoms with Crippen LogP contribution in [0, 0.1) is 6.92 Å². The fourth-order valence-electron chi connectivity index (χ4n) is 2.33. The van der Waals surface area contributed by atoms with Gasteiger partial charge in [-0.3, -0.25) is 9.89 Å². The van der Waals surface area contributed by atoms with Crippen molar-refractivity contribution in [2.24, 2.45) is 0 Å². The Balaban J connectivity index is 2.03. The van der Waals surface area contributed by atoms with Crippen LogP contribution in [0.5, 0.6) is 0 Å². The Morgan fingerprint density at radius 3 is 2.76 bits per heavy atom. The van der Waals surface area contributed by atoms with Crippen molar-refractivity contribution in [1.82, 2.24) is 10.2 Å². The molecule has 2 aromatic rings. The third kappa shape index (κ3) is 2.52. The van der Waals surface area contributed by atoms with Crippen molar-refractivity contribution < 1.29 is 14.7 Å². The molecule has 0 saturated carbocycles. The van der Waals surface area contributed by atoms with Gasteiger partial charge in [0.25, 0.3) is 0 Å². The van der Waals surface area contributed by atoms with E-state index in [1.54, 1.807) is 24.3 Å². The standard InChI is InChI=1S/C14H13N3O3S/c1-7-11-12(8-2-4-9(5-3-8)14(19)20)21-6-10(18)15-13(11)17-16-7/h2-5,12H,6H2,1H3,(H,19,20)(H2,15,16,17,18)/t12-/m0/s1. The van der Waals surface area contributed by atoms with Crippen LogP contribution in [0.1, 0.15) is 32.4 Å². The number of aromatic nitrogens is 2. The molecule has 0 unspecified atom stereocenters. The van der Waals surface area contributed by atoms with Crippen molar-refractivity contribution in [3.05, 3.63) is 46.6 Å². The maximum atomic E-state index is 11.7. The third-order valence-electron chi connectivity index (χ3n) is 3.36. The first kappa shape index (κ1) is 13.7. The van der Waals surface area contributed by atoms with Gasteiger partial charge in [-0.2, -0.15) is 5.10 Å². The lowest BCUT2D eigenvalue weighted by Gasteiger charge is -2.15. The van der Waals surface area contributed by atoms with E-state index in [9.17, 15) is 9.59 Å². The highest BCUT2D eigenvalue weighted by Gasteiger charge is 2.28. The molecular weight excluding hydrogens is 290 g/mol. The molecule has 1 atom stereocenters. The van der Waals surface area contributed by atoms with Crippen molar-refractivity contribution in [1.29, 1.82) is 0 Å². The lowest BCUT2D eigenvalue weighted by molar-refractivity contribution is -0.113. The van der Waals surface area contributed by atoms with Gasteiger partial charge in [-0.1, -0.05) is 12.1 Å². The van der Waals surface area contributed by atoms with Gasteiger partial charge in [0, 0.05) is 11.3 Å². The van der Waals surface area contributed by atoms with E-state index in [0.29, 0.717) is 11.6 Å². The number of thioether (sulfide) groups is 1. The molecule has 0 spiro atoms. The Kier molecular flexibility index (Phi) is 3.42. The van der Waals surface area contributed by atoms with E-state index in [2.05, 4.69) is 15.5 Å². The average molecular weight is 303 g/mol. The van der Waals surface area contributed by atoms with Gasteiger partial charge in [0.2, 0.25) is 5.91 Å².